The van der Waals surface area contributed by atoms with E-state index in [1.165, 1.54) is 11.8 Å². The lowest BCUT2D eigenvalue weighted by atomic mass is 10.2. The van der Waals surface area contributed by atoms with Gasteiger partial charge in [-0.3, -0.25) is 14.4 Å². The topological polar surface area (TPSA) is 84.5 Å². The van der Waals surface area contributed by atoms with Crippen molar-refractivity contribution >= 4 is 35.2 Å². The van der Waals surface area contributed by atoms with Crippen LogP contribution in [-0.2, 0) is 19.1 Å². The predicted molar refractivity (Wildman–Crippen MR) is 86.1 cm³/mol. The first-order valence-corrected chi connectivity index (χ1v) is 8.47. The lowest BCUT2D eigenvalue weighted by Crippen LogP contribution is -2.38. The maximum atomic E-state index is 12.0. The number of esters is 1. The zero-order valence-electron chi connectivity index (χ0n) is 12.7. The monoisotopic (exact) mass is 334 g/mol. The van der Waals surface area contributed by atoms with Crippen molar-refractivity contribution in [3.63, 3.8) is 0 Å². The van der Waals surface area contributed by atoms with Crippen molar-refractivity contribution in [2.75, 3.05) is 5.32 Å². The van der Waals surface area contributed by atoms with Crippen LogP contribution in [0.25, 0.3) is 0 Å². The third-order valence-corrected chi connectivity index (χ3v) is 4.94. The molecule has 2 amide bonds. The van der Waals surface area contributed by atoms with Crippen molar-refractivity contribution in [3.8, 4) is 0 Å². The van der Waals surface area contributed by atoms with Gasteiger partial charge in [0.15, 0.2) is 6.10 Å². The van der Waals surface area contributed by atoms with Crippen LogP contribution in [0.5, 0.6) is 0 Å². The Morgan fingerprint density at radius 2 is 2.13 bits per heavy atom. The highest BCUT2D eigenvalue weighted by molar-refractivity contribution is 8.01. The molecule has 1 aromatic rings. The Balaban J connectivity index is 1.53. The minimum absolute atomic E-state index is 0.0636. The summed E-state index contributed by atoms with van der Waals surface area (Å²) in [5.74, 6) is -1.05. The van der Waals surface area contributed by atoms with Gasteiger partial charge in [-0.15, -0.1) is 11.8 Å². The maximum Gasteiger partial charge on any atom is 0.308 e. The molecule has 1 aliphatic heterocycles. The van der Waals surface area contributed by atoms with Crippen LogP contribution in [0, 0.1) is 0 Å². The summed E-state index contributed by atoms with van der Waals surface area (Å²) in [5, 5.41) is 5.02. The van der Waals surface area contributed by atoms with Gasteiger partial charge in [0.2, 0.25) is 5.91 Å². The number of fused-ring (bicyclic) bond motifs is 1. The molecule has 6 nitrogen and oxygen atoms in total. The zero-order chi connectivity index (χ0) is 16.4. The van der Waals surface area contributed by atoms with E-state index in [2.05, 4.69) is 10.6 Å². The van der Waals surface area contributed by atoms with Gasteiger partial charge in [0, 0.05) is 10.9 Å². The van der Waals surface area contributed by atoms with Crippen LogP contribution in [-0.4, -0.2) is 35.2 Å². The van der Waals surface area contributed by atoms with Crippen LogP contribution < -0.4 is 10.6 Å². The maximum absolute atomic E-state index is 12.0. The van der Waals surface area contributed by atoms with Gasteiger partial charge >= 0.3 is 5.97 Å². The minimum atomic E-state index is -0.841. The van der Waals surface area contributed by atoms with Crippen molar-refractivity contribution < 1.29 is 19.1 Å². The Hall–Kier alpha value is -2.02. The molecule has 23 heavy (non-hydrogen) atoms. The summed E-state index contributed by atoms with van der Waals surface area (Å²) in [6.07, 6.45) is 1.05. The summed E-state index contributed by atoms with van der Waals surface area (Å²) < 4.78 is 5.14. The number of para-hydroxylation sites is 1. The predicted octanol–water partition coefficient (Wildman–Crippen LogP) is 1.70. The summed E-state index contributed by atoms with van der Waals surface area (Å²) in [6.45, 7) is 1.54. The molecule has 0 bridgehead atoms. The van der Waals surface area contributed by atoms with Gasteiger partial charge in [-0.25, -0.2) is 0 Å². The fourth-order valence-electron chi connectivity index (χ4n) is 2.22. The number of carbonyl (C=O) groups excluding carboxylic acids is 3. The molecule has 1 heterocycles. The number of carbonyl (C=O) groups is 3. The summed E-state index contributed by atoms with van der Waals surface area (Å²) in [6, 6.07) is 7.65. The Morgan fingerprint density at radius 3 is 2.87 bits per heavy atom. The molecule has 2 aliphatic rings. The average Bonchev–Trinajstić information content (AvgIpc) is 3.31. The Morgan fingerprint density at radius 1 is 1.39 bits per heavy atom. The Bertz CT molecular complexity index is 645. The Labute approximate surface area is 138 Å². The molecule has 2 N–H and O–H groups in total. The normalized spacial score (nSPS) is 20.9. The van der Waals surface area contributed by atoms with Gasteiger partial charge in [0.05, 0.1) is 17.4 Å². The molecule has 7 heteroatoms. The lowest BCUT2D eigenvalue weighted by Gasteiger charge is -2.23. The summed E-state index contributed by atoms with van der Waals surface area (Å²) in [4.78, 5) is 36.7. The highest BCUT2D eigenvalue weighted by atomic mass is 32.2. The van der Waals surface area contributed by atoms with Gasteiger partial charge in [-0.1, -0.05) is 12.1 Å². The summed E-state index contributed by atoms with van der Waals surface area (Å²) in [7, 11) is 0. The van der Waals surface area contributed by atoms with Crippen molar-refractivity contribution in [2.24, 2.45) is 0 Å². The van der Waals surface area contributed by atoms with Crippen LogP contribution in [0.4, 0.5) is 5.69 Å². The molecular weight excluding hydrogens is 316 g/mol. The van der Waals surface area contributed by atoms with Crippen molar-refractivity contribution in [1.82, 2.24) is 5.32 Å². The standard InChI is InChI=1S/C16H18N2O4S/c1-9(15(20)17-10-6-7-10)22-14(19)8-13-16(21)18-11-4-2-3-5-12(11)23-13/h2-5,9-10,13H,6-8H2,1H3,(H,17,20)(H,18,21)/t9-,13+/m1/s1. The third-order valence-electron chi connectivity index (χ3n) is 3.66. The number of ether oxygens (including phenoxy) is 1. The first-order valence-electron chi connectivity index (χ1n) is 7.59. The molecular formula is C16H18N2O4S. The molecule has 0 radical (unpaired) electrons. The Kier molecular flexibility index (Phi) is 4.56. The fourth-order valence-corrected chi connectivity index (χ4v) is 3.32. The van der Waals surface area contributed by atoms with Gasteiger partial charge in [0.25, 0.3) is 5.91 Å². The number of thioether (sulfide) groups is 1. The SMILES string of the molecule is C[C@@H](OC(=O)C[C@@H]1Sc2ccccc2NC1=O)C(=O)NC1CC1. The van der Waals surface area contributed by atoms with E-state index in [0.717, 1.165) is 23.4 Å². The van der Waals surface area contributed by atoms with Crippen molar-refractivity contribution in [3.05, 3.63) is 24.3 Å². The second-order valence-corrected chi connectivity index (χ2v) is 6.96. The first kappa shape index (κ1) is 15.9. The zero-order valence-corrected chi connectivity index (χ0v) is 13.5. The van der Waals surface area contributed by atoms with Crippen LogP contribution in [0.2, 0.25) is 0 Å². The number of nitrogens with one attached hydrogen (secondary N) is 2. The number of rotatable bonds is 5. The average molecular weight is 334 g/mol. The van der Waals surface area contributed by atoms with Crippen LogP contribution >= 0.6 is 11.8 Å². The van der Waals surface area contributed by atoms with Crippen molar-refractivity contribution in [2.45, 2.75) is 48.5 Å². The van der Waals surface area contributed by atoms with E-state index in [1.54, 1.807) is 6.92 Å². The van der Waals surface area contributed by atoms with Crippen LogP contribution in [0.15, 0.2) is 29.2 Å². The first-order chi connectivity index (χ1) is 11.0. The van der Waals surface area contributed by atoms with Gasteiger partial charge in [-0.2, -0.15) is 0 Å². The number of anilines is 1. The largest absolute Gasteiger partial charge is 0.453 e. The number of hydrogen-bond acceptors (Lipinski definition) is 5. The molecule has 1 saturated carbocycles. The molecule has 2 atom stereocenters. The number of hydrogen-bond donors (Lipinski definition) is 2. The van der Waals surface area contributed by atoms with Gasteiger partial charge in [0.1, 0.15) is 0 Å². The minimum Gasteiger partial charge on any atom is -0.453 e. The highest BCUT2D eigenvalue weighted by Crippen LogP contribution is 2.36. The molecule has 0 saturated heterocycles. The second kappa shape index (κ2) is 6.62. The van der Waals surface area contributed by atoms with Gasteiger partial charge < -0.3 is 15.4 Å². The summed E-state index contributed by atoms with van der Waals surface area (Å²) in [5.41, 5.74) is 0.754. The fraction of sp³-hybridized carbons (Fsp3) is 0.438. The quantitative estimate of drug-likeness (QED) is 0.801. The molecule has 0 unspecified atom stereocenters. The van der Waals surface area contributed by atoms with E-state index in [-0.39, 0.29) is 24.3 Å². The van der Waals surface area contributed by atoms with Crippen LogP contribution in [0.1, 0.15) is 26.2 Å². The molecule has 3 rings (SSSR count). The molecule has 1 aliphatic carbocycles. The smallest absolute Gasteiger partial charge is 0.308 e. The molecule has 0 spiro atoms. The molecule has 1 fully saturated rings. The van der Waals surface area contributed by atoms with Gasteiger partial charge in [-0.05, 0) is 31.9 Å². The van der Waals surface area contributed by atoms with E-state index in [4.69, 9.17) is 4.74 Å². The van der Waals surface area contributed by atoms with E-state index in [9.17, 15) is 14.4 Å². The van der Waals surface area contributed by atoms with E-state index >= 15 is 0 Å². The van der Waals surface area contributed by atoms with Crippen LogP contribution in [0.3, 0.4) is 0 Å². The third kappa shape index (κ3) is 4.04. The highest BCUT2D eigenvalue weighted by Gasteiger charge is 2.31. The van der Waals surface area contributed by atoms with E-state index < -0.39 is 17.3 Å². The number of benzene rings is 1. The molecule has 1 aromatic carbocycles. The second-order valence-electron chi connectivity index (χ2n) is 5.71. The molecule has 0 aromatic heterocycles. The lowest BCUT2D eigenvalue weighted by molar-refractivity contribution is -0.155. The summed E-state index contributed by atoms with van der Waals surface area (Å²) >= 11 is 1.34. The number of amides is 2. The molecule has 122 valence electrons. The van der Waals surface area contributed by atoms with E-state index in [0.29, 0.717) is 0 Å². The van der Waals surface area contributed by atoms with Crippen molar-refractivity contribution in [1.29, 1.82) is 0 Å². The van der Waals surface area contributed by atoms with E-state index in [1.807, 2.05) is 24.3 Å².